The van der Waals surface area contributed by atoms with Crippen molar-refractivity contribution < 1.29 is 22.7 Å². The summed E-state index contributed by atoms with van der Waals surface area (Å²) in [6, 6.07) is 7.86. The molecule has 0 unspecified atom stereocenters. The summed E-state index contributed by atoms with van der Waals surface area (Å²) >= 11 is 0. The zero-order valence-electron chi connectivity index (χ0n) is 21.8. The number of esters is 1. The number of benzene rings is 1. The van der Waals surface area contributed by atoms with Gasteiger partial charge < -0.3 is 10.1 Å². The van der Waals surface area contributed by atoms with E-state index in [1.54, 1.807) is 27.0 Å². The Balaban J connectivity index is 1.53. The van der Waals surface area contributed by atoms with Crippen LogP contribution in [0, 0.1) is 0 Å². The molecule has 3 heterocycles. The highest BCUT2D eigenvalue weighted by Crippen LogP contribution is 2.32. The van der Waals surface area contributed by atoms with Gasteiger partial charge in [0, 0.05) is 31.2 Å². The van der Waals surface area contributed by atoms with Gasteiger partial charge in [-0.1, -0.05) is 18.2 Å². The van der Waals surface area contributed by atoms with Crippen LogP contribution in [-0.2, 0) is 35.1 Å². The van der Waals surface area contributed by atoms with Crippen molar-refractivity contribution in [1.82, 2.24) is 14.1 Å². The molecule has 0 spiro atoms. The Kier molecular flexibility index (Phi) is 7.99. The third kappa shape index (κ3) is 6.85. The summed E-state index contributed by atoms with van der Waals surface area (Å²) in [5.41, 5.74) is 0.319. The fraction of sp³-hybridized carbons (Fsp3) is 0.464. The van der Waals surface area contributed by atoms with Gasteiger partial charge in [0.15, 0.2) is 0 Å². The van der Waals surface area contributed by atoms with Gasteiger partial charge in [0.05, 0.1) is 18.0 Å². The number of hydrogen-bond acceptors (Lipinski definition) is 5. The van der Waals surface area contributed by atoms with E-state index in [0.717, 1.165) is 43.0 Å². The van der Waals surface area contributed by atoms with Gasteiger partial charge >= 0.3 is 17.8 Å². The molecule has 0 bridgehead atoms. The summed E-state index contributed by atoms with van der Waals surface area (Å²) in [5, 5.41) is 3.32. The molecule has 0 saturated carbocycles. The van der Waals surface area contributed by atoms with Crippen LogP contribution in [0.5, 0.6) is 0 Å². The second-order valence-electron chi connectivity index (χ2n) is 10.6. The van der Waals surface area contributed by atoms with E-state index in [-0.39, 0.29) is 12.0 Å². The lowest BCUT2D eigenvalue weighted by atomic mass is 10.0. The van der Waals surface area contributed by atoms with E-state index >= 15 is 0 Å². The summed E-state index contributed by atoms with van der Waals surface area (Å²) < 4.78 is 48.4. The molecule has 2 aromatic heterocycles. The molecule has 7 nitrogen and oxygen atoms in total. The van der Waals surface area contributed by atoms with Crippen molar-refractivity contribution in [2.75, 3.05) is 11.9 Å². The van der Waals surface area contributed by atoms with Crippen molar-refractivity contribution in [3.8, 4) is 0 Å². The molecule has 10 heteroatoms. The van der Waals surface area contributed by atoms with Crippen molar-refractivity contribution >= 4 is 11.8 Å². The highest BCUT2D eigenvalue weighted by atomic mass is 19.4. The first-order valence-electron chi connectivity index (χ1n) is 12.8. The molecule has 1 N–H and O–H groups in total. The Morgan fingerprint density at radius 3 is 2.68 bits per heavy atom. The molecule has 0 amide bonds. The molecule has 204 valence electrons. The second kappa shape index (κ2) is 11.0. The Morgan fingerprint density at radius 1 is 1.16 bits per heavy atom. The monoisotopic (exact) mass is 530 g/mol. The van der Waals surface area contributed by atoms with Crippen LogP contribution in [0.25, 0.3) is 0 Å². The molecule has 38 heavy (non-hydrogen) atoms. The number of fused-ring (bicyclic) bond motifs is 1. The topological polar surface area (TPSA) is 78.2 Å². The van der Waals surface area contributed by atoms with Crippen LogP contribution in [0.3, 0.4) is 0 Å². The van der Waals surface area contributed by atoms with E-state index in [1.807, 2.05) is 6.07 Å². The number of nitrogens with one attached hydrogen (secondary N) is 1. The largest absolute Gasteiger partial charge is 0.460 e. The Morgan fingerprint density at radius 2 is 1.95 bits per heavy atom. The van der Waals surface area contributed by atoms with Gasteiger partial charge in [-0.2, -0.15) is 13.2 Å². The maximum atomic E-state index is 13.4. The average Bonchev–Trinajstić information content (AvgIpc) is 3.21. The molecule has 1 atom stereocenters. The number of hydrogen-bond donors (Lipinski definition) is 1. The Bertz CT molecular complexity index is 1340. The predicted molar refractivity (Wildman–Crippen MR) is 138 cm³/mol. The lowest BCUT2D eigenvalue weighted by Crippen LogP contribution is -2.31. The lowest BCUT2D eigenvalue weighted by Gasteiger charge is -2.23. The molecular formula is C28H33F3N4O3. The minimum Gasteiger partial charge on any atom is -0.460 e. The van der Waals surface area contributed by atoms with Crippen LogP contribution < -0.4 is 11.0 Å². The summed E-state index contributed by atoms with van der Waals surface area (Å²) in [4.78, 5) is 30.6. The van der Waals surface area contributed by atoms with Gasteiger partial charge in [-0.05, 0) is 75.8 Å². The van der Waals surface area contributed by atoms with Crippen LogP contribution in [0.15, 0.2) is 53.6 Å². The number of alkyl halides is 3. The quantitative estimate of drug-likeness (QED) is 0.396. The Labute approximate surface area is 219 Å². The van der Waals surface area contributed by atoms with Gasteiger partial charge in [0.2, 0.25) is 0 Å². The van der Waals surface area contributed by atoms with Crippen LogP contribution >= 0.6 is 0 Å². The van der Waals surface area contributed by atoms with Gasteiger partial charge in [-0.3, -0.25) is 13.9 Å². The fourth-order valence-corrected chi connectivity index (χ4v) is 4.61. The van der Waals surface area contributed by atoms with Gasteiger partial charge in [0.25, 0.3) is 0 Å². The van der Waals surface area contributed by atoms with Crippen molar-refractivity contribution in [3.05, 3.63) is 81.7 Å². The molecule has 4 rings (SSSR count). The van der Waals surface area contributed by atoms with E-state index in [2.05, 4.69) is 16.4 Å². The summed E-state index contributed by atoms with van der Waals surface area (Å²) in [5.74, 6) is 0.315. The van der Waals surface area contributed by atoms with Gasteiger partial charge in [-0.15, -0.1) is 0 Å². The van der Waals surface area contributed by atoms with E-state index in [0.29, 0.717) is 19.4 Å². The molecule has 1 aliphatic heterocycles. The number of nitrogens with zero attached hydrogens (tertiary/aromatic N) is 3. The highest BCUT2D eigenvalue weighted by molar-refractivity contribution is 5.71. The minimum absolute atomic E-state index is 0.205. The molecule has 0 saturated heterocycles. The van der Waals surface area contributed by atoms with Crippen LogP contribution in [0.2, 0.25) is 0 Å². The van der Waals surface area contributed by atoms with Crippen molar-refractivity contribution in [2.24, 2.45) is 0 Å². The Hall–Kier alpha value is -3.56. The first kappa shape index (κ1) is 27.5. The molecular weight excluding hydrogens is 497 g/mol. The third-order valence-electron chi connectivity index (χ3n) is 6.37. The molecule has 0 fully saturated rings. The number of halogens is 3. The van der Waals surface area contributed by atoms with Crippen LogP contribution in [-0.4, -0.2) is 32.2 Å². The number of pyridine rings is 1. The number of aromatic nitrogens is 3. The van der Waals surface area contributed by atoms with Crippen molar-refractivity contribution in [3.63, 3.8) is 0 Å². The first-order chi connectivity index (χ1) is 17.9. The number of ether oxygens (including phenoxy) is 1. The summed E-state index contributed by atoms with van der Waals surface area (Å²) in [6.45, 7) is 6.43. The maximum Gasteiger partial charge on any atom is 0.416 e. The zero-order valence-corrected chi connectivity index (χ0v) is 21.8. The highest BCUT2D eigenvalue weighted by Gasteiger charge is 2.32. The molecule has 3 aromatic rings. The number of rotatable bonds is 8. The number of imidazole rings is 1. The van der Waals surface area contributed by atoms with E-state index in [1.165, 1.54) is 33.0 Å². The number of aryl methyl sites for hydroxylation is 3. The SMILES string of the molecule is CC(C)(C)OC(=O)C[C@@H](c1cccc(C(F)(F)F)c1)n1ccn(CCCc2ccc3c(n2)NCCC3)c1=O. The molecule has 1 aromatic carbocycles. The number of carbonyl (C=O) groups excluding carboxylic acids is 1. The molecule has 0 aliphatic carbocycles. The van der Waals surface area contributed by atoms with Crippen molar-refractivity contribution in [2.45, 2.75) is 77.2 Å². The number of anilines is 1. The first-order valence-corrected chi connectivity index (χ1v) is 12.8. The van der Waals surface area contributed by atoms with Gasteiger partial charge in [-0.25, -0.2) is 9.78 Å². The fourth-order valence-electron chi connectivity index (χ4n) is 4.61. The van der Waals surface area contributed by atoms with E-state index in [9.17, 15) is 22.8 Å². The number of carbonyl (C=O) groups is 1. The molecule has 0 radical (unpaired) electrons. The standard InChI is InChI=1S/C28H33F3N4O3/c1-27(2,3)38-24(36)18-23(20-7-4-9-21(17-20)28(29,30)31)35-16-15-34(26(35)37)14-6-10-22-12-11-19-8-5-13-32-25(19)33-22/h4,7,9,11-12,15-17,23H,5-6,8,10,13-14,18H2,1-3H3,(H,32,33)/t23-/m0/s1. The van der Waals surface area contributed by atoms with Crippen molar-refractivity contribution in [1.29, 1.82) is 0 Å². The lowest BCUT2D eigenvalue weighted by molar-refractivity contribution is -0.155. The molecule has 1 aliphatic rings. The predicted octanol–water partition coefficient (Wildman–Crippen LogP) is 5.38. The van der Waals surface area contributed by atoms with E-state index < -0.39 is 35.0 Å². The smallest absolute Gasteiger partial charge is 0.416 e. The maximum absolute atomic E-state index is 13.4. The van der Waals surface area contributed by atoms with Crippen LogP contribution in [0.4, 0.5) is 19.0 Å². The zero-order chi connectivity index (χ0) is 27.5. The summed E-state index contributed by atoms with van der Waals surface area (Å²) in [7, 11) is 0. The van der Waals surface area contributed by atoms with Crippen LogP contribution in [0.1, 0.15) is 68.5 Å². The third-order valence-corrected chi connectivity index (χ3v) is 6.37. The minimum atomic E-state index is -4.55. The second-order valence-corrected chi connectivity index (χ2v) is 10.6. The van der Waals surface area contributed by atoms with E-state index in [4.69, 9.17) is 4.74 Å². The van der Waals surface area contributed by atoms with Gasteiger partial charge in [0.1, 0.15) is 11.4 Å². The average molecular weight is 531 g/mol. The summed E-state index contributed by atoms with van der Waals surface area (Å²) in [6.07, 6.45) is 1.69. The normalized spacial score (nSPS) is 14.5.